The molecule has 1 aromatic carbocycles. The molecular weight excluding hydrogens is 160 g/mol. The van der Waals surface area contributed by atoms with Gasteiger partial charge in [0, 0.05) is 5.92 Å². The SMILES string of the molecule is C=C[C@H](C)[C@H](O)c1ccc(C)cc1. The van der Waals surface area contributed by atoms with Crippen LogP contribution in [0.1, 0.15) is 24.2 Å². The van der Waals surface area contributed by atoms with Gasteiger partial charge in [0.2, 0.25) is 0 Å². The standard InChI is InChI=1S/C12H16O/c1-4-10(3)12(13)11-7-5-9(2)6-8-11/h4-8,10,12-13H,1H2,2-3H3/t10-,12-/m0/s1. The monoisotopic (exact) mass is 176 g/mol. The van der Waals surface area contributed by atoms with Gasteiger partial charge in [0.05, 0.1) is 6.10 Å². The van der Waals surface area contributed by atoms with Gasteiger partial charge in [0.15, 0.2) is 0 Å². The van der Waals surface area contributed by atoms with Crippen LogP contribution in [0.3, 0.4) is 0 Å². The first-order valence-corrected chi connectivity index (χ1v) is 4.52. The Morgan fingerprint density at radius 3 is 2.31 bits per heavy atom. The van der Waals surface area contributed by atoms with Crippen molar-refractivity contribution in [3.8, 4) is 0 Å². The van der Waals surface area contributed by atoms with Crippen LogP contribution in [0.25, 0.3) is 0 Å². The quantitative estimate of drug-likeness (QED) is 0.702. The normalized spacial score (nSPS) is 15.0. The molecule has 0 aliphatic carbocycles. The number of hydrogen-bond acceptors (Lipinski definition) is 1. The van der Waals surface area contributed by atoms with Gasteiger partial charge in [-0.2, -0.15) is 0 Å². The van der Waals surface area contributed by atoms with Gasteiger partial charge in [-0.1, -0.05) is 42.8 Å². The van der Waals surface area contributed by atoms with Gasteiger partial charge in [-0.05, 0) is 12.5 Å². The molecule has 1 heteroatoms. The molecule has 0 aliphatic heterocycles. The Morgan fingerprint density at radius 1 is 1.31 bits per heavy atom. The first-order chi connectivity index (χ1) is 6.15. The van der Waals surface area contributed by atoms with Gasteiger partial charge < -0.3 is 5.11 Å². The van der Waals surface area contributed by atoms with Crippen LogP contribution in [-0.2, 0) is 0 Å². The van der Waals surface area contributed by atoms with Crippen molar-refractivity contribution >= 4 is 0 Å². The van der Waals surface area contributed by atoms with E-state index in [0.29, 0.717) is 0 Å². The maximum absolute atomic E-state index is 9.81. The highest BCUT2D eigenvalue weighted by Crippen LogP contribution is 2.22. The van der Waals surface area contributed by atoms with E-state index in [4.69, 9.17) is 0 Å². The molecule has 13 heavy (non-hydrogen) atoms. The van der Waals surface area contributed by atoms with E-state index in [1.807, 2.05) is 38.1 Å². The zero-order valence-electron chi connectivity index (χ0n) is 8.20. The molecule has 1 N–H and O–H groups in total. The Morgan fingerprint density at radius 2 is 1.85 bits per heavy atom. The van der Waals surface area contributed by atoms with E-state index in [1.54, 1.807) is 6.08 Å². The van der Waals surface area contributed by atoms with Crippen molar-refractivity contribution in [3.05, 3.63) is 48.0 Å². The molecule has 0 radical (unpaired) electrons. The van der Waals surface area contributed by atoms with Crippen molar-refractivity contribution in [1.29, 1.82) is 0 Å². The molecule has 1 aromatic rings. The summed E-state index contributed by atoms with van der Waals surface area (Å²) in [6.45, 7) is 7.66. The summed E-state index contributed by atoms with van der Waals surface area (Å²) in [5, 5.41) is 9.81. The van der Waals surface area contributed by atoms with Crippen LogP contribution in [0.15, 0.2) is 36.9 Å². The molecule has 1 nitrogen and oxygen atoms in total. The van der Waals surface area contributed by atoms with Crippen molar-refractivity contribution in [1.82, 2.24) is 0 Å². The average molecular weight is 176 g/mol. The highest BCUT2D eigenvalue weighted by Gasteiger charge is 2.12. The minimum atomic E-state index is -0.432. The first-order valence-electron chi connectivity index (χ1n) is 4.52. The summed E-state index contributed by atoms with van der Waals surface area (Å²) in [6.07, 6.45) is 1.34. The van der Waals surface area contributed by atoms with Crippen LogP contribution in [0.5, 0.6) is 0 Å². The summed E-state index contributed by atoms with van der Waals surface area (Å²) >= 11 is 0. The van der Waals surface area contributed by atoms with Gasteiger partial charge in [0.25, 0.3) is 0 Å². The second kappa shape index (κ2) is 4.24. The third-order valence-electron chi connectivity index (χ3n) is 2.29. The zero-order valence-corrected chi connectivity index (χ0v) is 8.20. The first kappa shape index (κ1) is 10.0. The number of aliphatic hydroxyl groups is 1. The number of benzene rings is 1. The van der Waals surface area contributed by atoms with Crippen molar-refractivity contribution in [2.75, 3.05) is 0 Å². The second-order valence-corrected chi connectivity index (χ2v) is 3.45. The Bertz CT molecular complexity index is 274. The molecular formula is C12H16O. The van der Waals surface area contributed by atoms with E-state index in [2.05, 4.69) is 6.58 Å². The van der Waals surface area contributed by atoms with Gasteiger partial charge >= 0.3 is 0 Å². The van der Waals surface area contributed by atoms with E-state index in [9.17, 15) is 5.11 Å². The molecule has 0 unspecified atom stereocenters. The van der Waals surface area contributed by atoms with Crippen LogP contribution in [0.2, 0.25) is 0 Å². The Labute approximate surface area is 79.7 Å². The Hall–Kier alpha value is -1.08. The molecule has 0 bridgehead atoms. The lowest BCUT2D eigenvalue weighted by atomic mass is 9.97. The highest BCUT2D eigenvalue weighted by molar-refractivity contribution is 5.23. The largest absolute Gasteiger partial charge is 0.388 e. The minimum absolute atomic E-state index is 0.0997. The average Bonchev–Trinajstić information content (AvgIpc) is 2.17. The van der Waals surface area contributed by atoms with Gasteiger partial charge in [-0.3, -0.25) is 0 Å². The van der Waals surface area contributed by atoms with E-state index in [-0.39, 0.29) is 5.92 Å². The van der Waals surface area contributed by atoms with Crippen LogP contribution in [-0.4, -0.2) is 5.11 Å². The Kier molecular flexibility index (Phi) is 3.26. The highest BCUT2D eigenvalue weighted by atomic mass is 16.3. The molecule has 0 spiro atoms. The second-order valence-electron chi connectivity index (χ2n) is 3.45. The fourth-order valence-corrected chi connectivity index (χ4v) is 1.20. The maximum Gasteiger partial charge on any atom is 0.0849 e. The fraction of sp³-hybridized carbons (Fsp3) is 0.333. The third-order valence-corrected chi connectivity index (χ3v) is 2.29. The minimum Gasteiger partial charge on any atom is -0.388 e. The van der Waals surface area contributed by atoms with Gasteiger partial charge in [0.1, 0.15) is 0 Å². The fourth-order valence-electron chi connectivity index (χ4n) is 1.20. The molecule has 0 aliphatic rings. The van der Waals surface area contributed by atoms with Gasteiger partial charge in [-0.15, -0.1) is 6.58 Å². The number of aliphatic hydroxyl groups excluding tert-OH is 1. The number of rotatable bonds is 3. The predicted octanol–water partition coefficient (Wildman–Crippen LogP) is 2.85. The molecule has 0 fully saturated rings. The molecule has 0 aromatic heterocycles. The molecule has 0 saturated heterocycles. The summed E-state index contributed by atoms with van der Waals surface area (Å²) in [5.41, 5.74) is 2.17. The molecule has 0 amide bonds. The van der Waals surface area contributed by atoms with Crippen LogP contribution < -0.4 is 0 Å². The van der Waals surface area contributed by atoms with Crippen molar-refractivity contribution in [3.63, 3.8) is 0 Å². The summed E-state index contributed by atoms with van der Waals surface area (Å²) < 4.78 is 0. The molecule has 2 atom stereocenters. The lowest BCUT2D eigenvalue weighted by Crippen LogP contribution is -2.05. The van der Waals surface area contributed by atoms with Gasteiger partial charge in [-0.25, -0.2) is 0 Å². The topological polar surface area (TPSA) is 20.2 Å². The third kappa shape index (κ3) is 2.43. The lowest BCUT2D eigenvalue weighted by Gasteiger charge is -2.15. The predicted molar refractivity (Wildman–Crippen MR) is 55.5 cm³/mol. The molecule has 0 saturated carbocycles. The maximum atomic E-state index is 9.81. The van der Waals surface area contributed by atoms with Crippen molar-refractivity contribution < 1.29 is 5.11 Å². The van der Waals surface area contributed by atoms with E-state index >= 15 is 0 Å². The van der Waals surface area contributed by atoms with E-state index in [0.717, 1.165) is 5.56 Å². The molecule has 1 rings (SSSR count). The molecule has 70 valence electrons. The summed E-state index contributed by atoms with van der Waals surface area (Å²) in [4.78, 5) is 0. The van der Waals surface area contributed by atoms with E-state index in [1.165, 1.54) is 5.56 Å². The van der Waals surface area contributed by atoms with Crippen LogP contribution in [0.4, 0.5) is 0 Å². The summed E-state index contributed by atoms with van der Waals surface area (Å²) in [5.74, 6) is 0.0997. The summed E-state index contributed by atoms with van der Waals surface area (Å²) in [6, 6.07) is 7.93. The number of aryl methyl sites for hydroxylation is 1. The van der Waals surface area contributed by atoms with Crippen molar-refractivity contribution in [2.24, 2.45) is 5.92 Å². The smallest absolute Gasteiger partial charge is 0.0849 e. The lowest BCUT2D eigenvalue weighted by molar-refractivity contribution is 0.140. The van der Waals surface area contributed by atoms with Crippen LogP contribution >= 0.6 is 0 Å². The van der Waals surface area contributed by atoms with Crippen LogP contribution in [0, 0.1) is 12.8 Å². The number of hydrogen-bond donors (Lipinski definition) is 1. The zero-order chi connectivity index (χ0) is 9.84. The van der Waals surface area contributed by atoms with E-state index < -0.39 is 6.10 Å². The summed E-state index contributed by atoms with van der Waals surface area (Å²) in [7, 11) is 0. The van der Waals surface area contributed by atoms with Crippen molar-refractivity contribution in [2.45, 2.75) is 20.0 Å². The molecule has 0 heterocycles. The Balaban J connectivity index is 2.82.